The maximum Gasteiger partial charge on any atom is 0.239 e. The lowest BCUT2D eigenvalue weighted by Crippen LogP contribution is -2.60. The second-order valence-corrected chi connectivity index (χ2v) is 14.0. The summed E-state index contributed by atoms with van der Waals surface area (Å²) >= 11 is 0. The number of nitrogens with zero attached hydrogens (tertiary/aromatic N) is 2. The number of amides is 1. The van der Waals surface area contributed by atoms with E-state index in [4.69, 9.17) is 0 Å². The fourth-order valence-corrected chi connectivity index (χ4v) is 8.31. The highest BCUT2D eigenvalue weighted by molar-refractivity contribution is 7.92. The van der Waals surface area contributed by atoms with E-state index in [2.05, 4.69) is 9.71 Å². The van der Waals surface area contributed by atoms with Crippen LogP contribution in [0.2, 0.25) is 0 Å². The van der Waals surface area contributed by atoms with Gasteiger partial charge in [0.1, 0.15) is 11.7 Å². The molecule has 1 amide bonds. The first-order valence-electron chi connectivity index (χ1n) is 12.1. The van der Waals surface area contributed by atoms with Gasteiger partial charge < -0.3 is 4.90 Å². The number of allylic oxidation sites excluding steroid dienone is 1. The minimum Gasteiger partial charge on any atom is -0.333 e. The number of sulfone groups is 1. The lowest BCUT2D eigenvalue weighted by atomic mass is 9.74. The van der Waals surface area contributed by atoms with Crippen LogP contribution in [-0.4, -0.2) is 57.2 Å². The number of rotatable bonds is 5. The summed E-state index contributed by atoms with van der Waals surface area (Å²) in [6.07, 6.45) is 5.72. The molecule has 1 saturated carbocycles. The van der Waals surface area contributed by atoms with E-state index < -0.39 is 49.2 Å². The molecule has 2 aromatic carbocycles. The Morgan fingerprint density at radius 1 is 1.08 bits per heavy atom. The number of hydrogen-bond donors (Lipinski definition) is 1. The number of ketones is 1. The molecule has 0 aromatic heterocycles. The number of anilines is 1. The Morgan fingerprint density at radius 3 is 2.50 bits per heavy atom. The molecular weight excluding hydrogens is 533 g/mol. The number of hydrogen-bond acceptors (Lipinski definition) is 7. The maximum absolute atomic E-state index is 13.9. The van der Waals surface area contributed by atoms with Gasteiger partial charge in [0.05, 0.1) is 28.3 Å². The molecule has 2 aliphatic heterocycles. The molecule has 2 fully saturated rings. The Hall–Kier alpha value is -3.38. The molecule has 9 nitrogen and oxygen atoms in total. The summed E-state index contributed by atoms with van der Waals surface area (Å²) in [5.74, 6) is -3.69. The molecule has 2 heterocycles. The van der Waals surface area contributed by atoms with E-state index in [1.54, 1.807) is 17.0 Å². The van der Waals surface area contributed by atoms with Crippen LogP contribution in [0, 0.1) is 29.5 Å². The quantitative estimate of drug-likeness (QED) is 0.444. The van der Waals surface area contributed by atoms with Gasteiger partial charge in [-0.25, -0.2) is 21.2 Å². The predicted octanol–water partition coefficient (Wildman–Crippen LogP) is 2.48. The molecule has 1 N–H and O–H groups in total. The fraction of sp³-hybridized carbons (Fsp3) is 0.346. The van der Waals surface area contributed by atoms with Gasteiger partial charge in [0, 0.05) is 24.2 Å². The van der Waals surface area contributed by atoms with E-state index in [1.165, 1.54) is 30.3 Å². The summed E-state index contributed by atoms with van der Waals surface area (Å²) in [6, 6.07) is 9.39. The van der Waals surface area contributed by atoms with Crippen LogP contribution >= 0.6 is 0 Å². The van der Waals surface area contributed by atoms with Crippen LogP contribution in [0.25, 0.3) is 0 Å². The van der Waals surface area contributed by atoms with Gasteiger partial charge >= 0.3 is 0 Å². The highest BCUT2D eigenvalue weighted by Crippen LogP contribution is 2.51. The Bertz CT molecular complexity index is 1650. The highest BCUT2D eigenvalue weighted by atomic mass is 32.2. The molecule has 2 aromatic rings. The van der Waals surface area contributed by atoms with Crippen molar-refractivity contribution in [3.05, 3.63) is 66.0 Å². The fourth-order valence-electron chi connectivity index (χ4n) is 6.24. The topological polar surface area (TPSA) is 130 Å². The van der Waals surface area contributed by atoms with Gasteiger partial charge in [-0.15, -0.1) is 0 Å². The van der Waals surface area contributed by atoms with Gasteiger partial charge in [0.15, 0.2) is 15.6 Å². The van der Waals surface area contributed by atoms with Crippen molar-refractivity contribution in [2.24, 2.45) is 28.7 Å². The third kappa shape index (κ3) is 4.15. The van der Waals surface area contributed by atoms with Crippen LogP contribution in [0.3, 0.4) is 0 Å². The van der Waals surface area contributed by atoms with Crippen LogP contribution < -0.4 is 4.72 Å². The van der Waals surface area contributed by atoms with E-state index in [-0.39, 0.29) is 52.2 Å². The predicted molar refractivity (Wildman–Crippen MR) is 138 cm³/mol. The smallest absolute Gasteiger partial charge is 0.239 e. The summed E-state index contributed by atoms with van der Waals surface area (Å²) in [4.78, 5) is 33.6. The number of sulfonamides is 1. The van der Waals surface area contributed by atoms with E-state index in [0.29, 0.717) is 5.56 Å². The molecule has 0 radical (unpaired) electrons. The number of nitrogens with one attached hydrogen (secondary N) is 1. The molecule has 0 spiro atoms. The van der Waals surface area contributed by atoms with Gasteiger partial charge in [-0.2, -0.15) is 0 Å². The van der Waals surface area contributed by atoms with Crippen molar-refractivity contribution in [2.45, 2.75) is 23.9 Å². The highest BCUT2D eigenvalue weighted by Gasteiger charge is 2.59. The molecule has 38 heavy (non-hydrogen) atoms. The largest absolute Gasteiger partial charge is 0.333 e. The van der Waals surface area contributed by atoms with Crippen molar-refractivity contribution in [1.29, 1.82) is 0 Å². The lowest BCUT2D eigenvalue weighted by molar-refractivity contribution is -0.151. The van der Waals surface area contributed by atoms with E-state index in [1.807, 2.05) is 12.2 Å². The zero-order chi connectivity index (χ0) is 27.0. The van der Waals surface area contributed by atoms with Crippen LogP contribution in [0.4, 0.5) is 15.8 Å². The number of fused-ring (bicyclic) bond motifs is 6. The van der Waals surface area contributed by atoms with Gasteiger partial charge in [0.2, 0.25) is 15.9 Å². The molecular formula is C26H24FN3O6S2. The number of carbonyl (C=O) groups excluding carboxylic acids is 2. The molecule has 1 saturated heterocycles. The van der Waals surface area contributed by atoms with Gasteiger partial charge in [-0.05, 0) is 54.2 Å². The first-order valence-corrected chi connectivity index (χ1v) is 15.6. The third-order valence-electron chi connectivity index (χ3n) is 7.72. The Kier molecular flexibility index (Phi) is 5.62. The number of aliphatic imine (C=N–C) groups is 1. The van der Waals surface area contributed by atoms with Gasteiger partial charge in [-0.3, -0.25) is 19.3 Å². The summed E-state index contributed by atoms with van der Waals surface area (Å²) in [7, 11) is -7.66. The molecule has 5 unspecified atom stereocenters. The Labute approximate surface area is 219 Å². The van der Waals surface area contributed by atoms with Crippen LogP contribution in [0.5, 0.6) is 0 Å². The summed E-state index contributed by atoms with van der Waals surface area (Å²) in [6.45, 7) is 0.165. The standard InChI is InChI=1S/C26H24FN3O6S2/c1-37(33,34)29-18-8-9-19-21(11-18)38(35,36)13-20(28-19)23-25(31)22-15-4-5-16(10-15)24(22)30(26(23)32)12-14-2-6-17(27)7-3-14/h2-9,11,15-16,22-24,29H,10,12-13H2,1H3. The molecule has 2 aliphatic carbocycles. The SMILES string of the molecule is CS(=O)(=O)Nc1ccc2c(c1)S(=O)(=O)CC(C1C(=O)C3C4C=CC(C4)C3N(Cc3ccc(F)cc3)C1=O)=N2. The van der Waals surface area contributed by atoms with Crippen molar-refractivity contribution in [1.82, 2.24) is 4.90 Å². The Balaban J connectivity index is 1.40. The number of Topliss-reactive ketones (excluding diaryl/α,β-unsaturated/α-hetero) is 1. The van der Waals surface area contributed by atoms with Gasteiger partial charge in [-0.1, -0.05) is 24.3 Å². The molecule has 198 valence electrons. The van der Waals surface area contributed by atoms with Crippen molar-refractivity contribution in [2.75, 3.05) is 16.7 Å². The van der Waals surface area contributed by atoms with E-state index >= 15 is 0 Å². The maximum atomic E-state index is 13.9. The number of likely N-dealkylation sites (tertiary alicyclic amines) is 1. The second kappa shape index (κ2) is 8.57. The molecule has 2 bridgehead atoms. The number of piperidine rings is 1. The van der Waals surface area contributed by atoms with E-state index in [0.717, 1.165) is 12.7 Å². The van der Waals surface area contributed by atoms with E-state index in [9.17, 15) is 30.8 Å². The molecule has 4 aliphatic rings. The van der Waals surface area contributed by atoms with Crippen molar-refractivity contribution < 1.29 is 30.8 Å². The van der Waals surface area contributed by atoms with Crippen molar-refractivity contribution in [3.8, 4) is 0 Å². The lowest BCUT2D eigenvalue weighted by Gasteiger charge is -2.44. The van der Waals surface area contributed by atoms with Crippen LogP contribution in [-0.2, 0) is 36.0 Å². The first kappa shape index (κ1) is 24.9. The normalized spacial score (nSPS) is 29.2. The zero-order valence-corrected chi connectivity index (χ0v) is 21.9. The first-order chi connectivity index (χ1) is 17.9. The average molecular weight is 558 g/mol. The minimum atomic E-state index is -4.02. The number of halogens is 1. The zero-order valence-electron chi connectivity index (χ0n) is 20.2. The number of carbonyl (C=O) groups is 2. The summed E-state index contributed by atoms with van der Waals surface area (Å²) in [5.41, 5.74) is 0.782. The summed E-state index contributed by atoms with van der Waals surface area (Å²) in [5, 5.41) is 0. The van der Waals surface area contributed by atoms with Crippen molar-refractivity contribution in [3.63, 3.8) is 0 Å². The average Bonchev–Trinajstić information content (AvgIpc) is 3.45. The molecule has 5 atom stereocenters. The Morgan fingerprint density at radius 2 is 1.79 bits per heavy atom. The monoisotopic (exact) mass is 557 g/mol. The third-order valence-corrected chi connectivity index (χ3v) is 10.00. The van der Waals surface area contributed by atoms with Crippen molar-refractivity contribution >= 4 is 48.6 Å². The van der Waals surface area contributed by atoms with Gasteiger partial charge in [0.25, 0.3) is 0 Å². The molecule has 12 heteroatoms. The molecule has 6 rings (SSSR count). The minimum absolute atomic E-state index is 0.0258. The van der Waals surface area contributed by atoms with Crippen LogP contribution in [0.15, 0.2) is 64.5 Å². The summed E-state index contributed by atoms with van der Waals surface area (Å²) < 4.78 is 65.5. The van der Waals surface area contributed by atoms with Crippen LogP contribution in [0.1, 0.15) is 12.0 Å². The second-order valence-electron chi connectivity index (χ2n) is 10.3. The number of benzene rings is 2.